The van der Waals surface area contributed by atoms with Gasteiger partial charge < -0.3 is 24.1 Å². The molecule has 2 aliphatic heterocycles. The lowest BCUT2D eigenvalue weighted by Gasteiger charge is -2.49. The molecule has 17 heteroatoms. The van der Waals surface area contributed by atoms with E-state index >= 15 is 0 Å². The molecular formula is C26H25F7N4O6. The van der Waals surface area contributed by atoms with Crippen LogP contribution in [0.25, 0.3) is 11.3 Å². The Bertz CT molecular complexity index is 1400. The summed E-state index contributed by atoms with van der Waals surface area (Å²) in [5.74, 6) is -4.43. The molecule has 0 bridgehead atoms. The van der Waals surface area contributed by atoms with Crippen molar-refractivity contribution < 1.29 is 59.7 Å². The number of fused-ring (bicyclic) bond motifs is 2. The molecule has 1 saturated heterocycles. The highest BCUT2D eigenvalue weighted by Gasteiger charge is 2.46. The van der Waals surface area contributed by atoms with Crippen LogP contribution >= 0.6 is 0 Å². The average molecular weight is 622 g/mol. The number of alkyl halides is 6. The Hall–Kier alpha value is -4.41. The van der Waals surface area contributed by atoms with Crippen molar-refractivity contribution in [2.75, 3.05) is 26.7 Å². The molecule has 2 aromatic heterocycles. The number of benzene rings is 1. The number of hydrogen-bond donors (Lipinski definition) is 2. The van der Waals surface area contributed by atoms with Gasteiger partial charge in [-0.2, -0.15) is 26.3 Å². The molecule has 10 nitrogen and oxygen atoms in total. The highest BCUT2D eigenvalue weighted by Crippen LogP contribution is 2.41. The van der Waals surface area contributed by atoms with Crippen molar-refractivity contribution in [2.24, 2.45) is 0 Å². The lowest BCUT2D eigenvalue weighted by molar-refractivity contribution is -0.193. The van der Waals surface area contributed by atoms with Crippen molar-refractivity contribution in [3.05, 3.63) is 66.3 Å². The maximum Gasteiger partial charge on any atom is 0.490 e. The number of carbonyl (C=O) groups is 3. The molecule has 0 unspecified atom stereocenters. The van der Waals surface area contributed by atoms with Crippen LogP contribution in [0.1, 0.15) is 29.2 Å². The van der Waals surface area contributed by atoms with Gasteiger partial charge in [-0.05, 0) is 44.2 Å². The Labute approximate surface area is 238 Å². The van der Waals surface area contributed by atoms with E-state index in [0.717, 1.165) is 43.0 Å². The molecule has 43 heavy (non-hydrogen) atoms. The molecule has 2 N–H and O–H groups in total. The summed E-state index contributed by atoms with van der Waals surface area (Å²) in [6.07, 6.45) is -5.19. The quantitative estimate of drug-likeness (QED) is 0.396. The summed E-state index contributed by atoms with van der Waals surface area (Å²) in [7, 11) is 2.13. The number of carboxylic acids is 2. The molecule has 0 aliphatic carbocycles. The smallest absolute Gasteiger partial charge is 0.475 e. The number of carbonyl (C=O) groups excluding carboxylic acids is 1. The van der Waals surface area contributed by atoms with Crippen LogP contribution in [0.4, 0.5) is 30.7 Å². The first-order valence-electron chi connectivity index (χ1n) is 12.4. The minimum Gasteiger partial charge on any atom is -0.475 e. The number of aliphatic carboxylic acids is 2. The minimum atomic E-state index is -5.08. The van der Waals surface area contributed by atoms with Crippen LogP contribution in [0, 0.1) is 5.82 Å². The monoisotopic (exact) mass is 622 g/mol. The van der Waals surface area contributed by atoms with Crippen molar-refractivity contribution in [3.63, 3.8) is 0 Å². The Morgan fingerprint density at radius 2 is 1.49 bits per heavy atom. The molecule has 0 saturated carbocycles. The number of rotatable bonds is 2. The Morgan fingerprint density at radius 3 is 1.98 bits per heavy atom. The summed E-state index contributed by atoms with van der Waals surface area (Å²) >= 11 is 0. The topological polar surface area (TPSA) is 129 Å². The summed E-state index contributed by atoms with van der Waals surface area (Å²) < 4.78 is 84.7. The second-order valence-electron chi connectivity index (χ2n) is 9.46. The van der Waals surface area contributed by atoms with Gasteiger partial charge in [0.2, 0.25) is 0 Å². The number of carboxylic acid groups (broad SMARTS) is 2. The van der Waals surface area contributed by atoms with Gasteiger partial charge in [-0.15, -0.1) is 0 Å². The van der Waals surface area contributed by atoms with E-state index in [-0.39, 0.29) is 17.3 Å². The second-order valence-corrected chi connectivity index (χ2v) is 9.46. The first-order valence-corrected chi connectivity index (χ1v) is 12.4. The summed E-state index contributed by atoms with van der Waals surface area (Å²) in [4.78, 5) is 39.4. The fourth-order valence-corrected chi connectivity index (χ4v) is 4.73. The van der Waals surface area contributed by atoms with Gasteiger partial charge in [0.25, 0.3) is 5.91 Å². The number of halogens is 7. The van der Waals surface area contributed by atoms with Gasteiger partial charge in [-0.1, -0.05) is 12.1 Å². The van der Waals surface area contributed by atoms with E-state index in [9.17, 15) is 35.5 Å². The van der Waals surface area contributed by atoms with Gasteiger partial charge >= 0.3 is 24.3 Å². The Kier molecular flexibility index (Phi) is 9.89. The van der Waals surface area contributed by atoms with Gasteiger partial charge in [0.05, 0.1) is 23.7 Å². The third-order valence-corrected chi connectivity index (χ3v) is 6.88. The van der Waals surface area contributed by atoms with Crippen molar-refractivity contribution in [1.82, 2.24) is 19.4 Å². The number of aromatic nitrogens is 2. The number of likely N-dealkylation sites (tertiary alicyclic amines) is 1. The standard InChI is InChI=1S/C22H23FN4O2.2C2HF3O2/c1-25-11-12-27-18(16-4-2-5-17(23)14-16)15-24-21(27)22(25)7-9-26(10-8-22)20(28)19-6-3-13-29-19;2*3-2(4,5)1(6)7/h2-6,13-15H,7-12H2,1H3;2*(H,6,7). The second kappa shape index (κ2) is 12.8. The zero-order chi connectivity index (χ0) is 32.2. The van der Waals surface area contributed by atoms with Crippen molar-refractivity contribution in [2.45, 2.75) is 37.3 Å². The predicted octanol–water partition coefficient (Wildman–Crippen LogP) is 4.63. The molecule has 2 aliphatic rings. The molecule has 1 aromatic carbocycles. The van der Waals surface area contributed by atoms with Gasteiger partial charge in [-0.3, -0.25) is 9.69 Å². The van der Waals surface area contributed by atoms with Crippen LogP contribution in [0.2, 0.25) is 0 Å². The van der Waals surface area contributed by atoms with Crippen LogP contribution in [-0.2, 0) is 21.7 Å². The lowest BCUT2D eigenvalue weighted by Crippen LogP contribution is -2.57. The van der Waals surface area contributed by atoms with E-state index in [1.54, 1.807) is 24.3 Å². The molecule has 0 radical (unpaired) electrons. The number of nitrogens with zero attached hydrogens (tertiary/aromatic N) is 4. The highest BCUT2D eigenvalue weighted by atomic mass is 19.4. The number of furan rings is 1. The van der Waals surface area contributed by atoms with Gasteiger partial charge in [0.15, 0.2) is 5.76 Å². The molecule has 234 valence electrons. The zero-order valence-electron chi connectivity index (χ0n) is 22.3. The van der Waals surface area contributed by atoms with E-state index in [1.165, 1.54) is 12.3 Å². The minimum absolute atomic E-state index is 0.0629. The number of amides is 1. The largest absolute Gasteiger partial charge is 0.490 e. The Morgan fingerprint density at radius 1 is 0.907 bits per heavy atom. The maximum absolute atomic E-state index is 13.8. The number of piperidine rings is 1. The van der Waals surface area contributed by atoms with Crippen molar-refractivity contribution in [1.29, 1.82) is 0 Å². The van der Waals surface area contributed by atoms with Gasteiger partial charge in [0.1, 0.15) is 11.6 Å². The normalized spacial score (nSPS) is 16.3. The summed E-state index contributed by atoms with van der Waals surface area (Å²) in [5.41, 5.74) is 1.57. The summed E-state index contributed by atoms with van der Waals surface area (Å²) in [6, 6.07) is 10.1. The summed E-state index contributed by atoms with van der Waals surface area (Å²) in [6.45, 7) is 2.99. The number of imidazole rings is 1. The Balaban J connectivity index is 0.000000303. The van der Waals surface area contributed by atoms with E-state index in [2.05, 4.69) is 16.5 Å². The molecular weight excluding hydrogens is 597 g/mol. The average Bonchev–Trinajstić information content (AvgIpc) is 3.62. The van der Waals surface area contributed by atoms with Gasteiger partial charge in [-0.25, -0.2) is 19.0 Å². The molecule has 0 atom stereocenters. The van der Waals surface area contributed by atoms with E-state index in [4.69, 9.17) is 29.2 Å². The zero-order valence-corrected chi connectivity index (χ0v) is 22.3. The fraction of sp³-hybridized carbons (Fsp3) is 0.385. The predicted molar refractivity (Wildman–Crippen MR) is 133 cm³/mol. The van der Waals surface area contributed by atoms with E-state index in [0.29, 0.717) is 18.8 Å². The number of likely N-dealkylation sites (N-methyl/N-ethyl adjacent to an activating group) is 1. The maximum atomic E-state index is 13.8. The fourth-order valence-electron chi connectivity index (χ4n) is 4.73. The van der Waals surface area contributed by atoms with E-state index < -0.39 is 24.3 Å². The molecule has 5 rings (SSSR count). The third-order valence-electron chi connectivity index (χ3n) is 6.88. The number of hydrogen-bond acceptors (Lipinski definition) is 6. The van der Waals surface area contributed by atoms with Crippen LogP contribution < -0.4 is 0 Å². The highest BCUT2D eigenvalue weighted by molar-refractivity contribution is 5.91. The van der Waals surface area contributed by atoms with Crippen molar-refractivity contribution in [3.8, 4) is 11.3 Å². The first kappa shape index (κ1) is 33.1. The molecule has 1 fully saturated rings. The lowest BCUT2D eigenvalue weighted by atomic mass is 9.83. The van der Waals surface area contributed by atoms with Crippen LogP contribution in [0.3, 0.4) is 0 Å². The molecule has 1 spiro atoms. The van der Waals surface area contributed by atoms with Crippen LogP contribution in [0.5, 0.6) is 0 Å². The summed E-state index contributed by atoms with van der Waals surface area (Å²) in [5, 5.41) is 14.2. The third kappa shape index (κ3) is 7.71. The molecule has 3 aromatic rings. The van der Waals surface area contributed by atoms with Crippen molar-refractivity contribution >= 4 is 17.8 Å². The van der Waals surface area contributed by atoms with Crippen LogP contribution in [0.15, 0.2) is 53.3 Å². The molecule has 4 heterocycles. The molecule has 1 amide bonds. The van der Waals surface area contributed by atoms with Crippen LogP contribution in [-0.4, -0.2) is 86.4 Å². The first-order chi connectivity index (χ1) is 20.0. The van der Waals surface area contributed by atoms with Gasteiger partial charge in [0, 0.05) is 31.7 Å². The van der Waals surface area contributed by atoms with E-state index in [1.807, 2.05) is 17.2 Å². The SMILES string of the molecule is CN1CCn2c(-c3cccc(F)c3)cnc2C12CCN(C(=O)c1ccco1)CC2.O=C(O)C(F)(F)F.O=C(O)C(F)(F)F.